The Morgan fingerprint density at radius 2 is 1.74 bits per heavy atom. The summed E-state index contributed by atoms with van der Waals surface area (Å²) in [6, 6.07) is 0. The van der Waals surface area contributed by atoms with Gasteiger partial charge in [-0.2, -0.15) is 0 Å². The fraction of sp³-hybridized carbons (Fsp3) is 0.933. The molecule has 110 valence electrons. The molecule has 19 heavy (non-hydrogen) atoms. The van der Waals surface area contributed by atoms with Crippen LogP contribution in [0.4, 0.5) is 0 Å². The van der Waals surface area contributed by atoms with E-state index in [1.807, 2.05) is 0 Å². The lowest BCUT2D eigenvalue weighted by Gasteiger charge is -2.35. The van der Waals surface area contributed by atoms with Crippen LogP contribution in [0.2, 0.25) is 0 Å². The summed E-state index contributed by atoms with van der Waals surface area (Å²) in [5, 5.41) is 3.48. The van der Waals surface area contributed by atoms with E-state index in [2.05, 4.69) is 24.1 Å². The molecule has 2 saturated heterocycles. The highest BCUT2D eigenvalue weighted by Crippen LogP contribution is 2.32. The van der Waals surface area contributed by atoms with E-state index >= 15 is 0 Å². The lowest BCUT2D eigenvalue weighted by atomic mass is 9.81. The number of nitrogens with two attached hydrogens (primary N) is 1. The van der Waals surface area contributed by atoms with Crippen molar-refractivity contribution in [1.82, 2.24) is 10.2 Å². The number of hydrogen-bond donors (Lipinski definition) is 2. The average molecular weight is 267 g/mol. The Hall–Kier alpha value is -0.610. The summed E-state index contributed by atoms with van der Waals surface area (Å²) in [4.78, 5) is 14.9. The van der Waals surface area contributed by atoms with Gasteiger partial charge in [0.1, 0.15) is 0 Å². The molecule has 3 N–H and O–H groups in total. The summed E-state index contributed by atoms with van der Waals surface area (Å²) in [6.07, 6.45) is 4.00. The van der Waals surface area contributed by atoms with E-state index < -0.39 is 0 Å². The van der Waals surface area contributed by atoms with Crippen molar-refractivity contribution >= 4 is 5.91 Å². The number of carbonyl (C=O) groups excluding carboxylic acids is 1. The molecule has 0 bridgehead atoms. The number of amides is 1. The average Bonchev–Trinajstić information content (AvgIpc) is 2.80. The molecule has 0 aromatic heterocycles. The molecule has 2 atom stereocenters. The fourth-order valence-corrected chi connectivity index (χ4v) is 3.69. The number of hydrogen-bond acceptors (Lipinski definition) is 3. The number of rotatable bonds is 4. The van der Waals surface area contributed by atoms with Crippen molar-refractivity contribution in [1.29, 1.82) is 0 Å². The Morgan fingerprint density at radius 3 is 2.16 bits per heavy atom. The van der Waals surface area contributed by atoms with Crippen molar-refractivity contribution in [3.63, 3.8) is 0 Å². The first-order chi connectivity index (χ1) is 9.16. The van der Waals surface area contributed by atoms with Gasteiger partial charge >= 0.3 is 0 Å². The minimum atomic E-state index is -0.322. The molecule has 0 radical (unpaired) electrons. The van der Waals surface area contributed by atoms with E-state index in [0.717, 1.165) is 63.7 Å². The van der Waals surface area contributed by atoms with Crippen molar-refractivity contribution in [2.45, 2.75) is 39.5 Å². The van der Waals surface area contributed by atoms with Crippen LogP contribution in [0.3, 0.4) is 0 Å². The molecule has 2 heterocycles. The smallest absolute Gasteiger partial charge is 0.230 e. The van der Waals surface area contributed by atoms with Gasteiger partial charge in [0, 0.05) is 19.6 Å². The highest BCUT2D eigenvalue weighted by Gasteiger charge is 2.39. The van der Waals surface area contributed by atoms with Gasteiger partial charge in [-0.3, -0.25) is 4.79 Å². The van der Waals surface area contributed by atoms with Crippen molar-refractivity contribution in [2.24, 2.45) is 23.0 Å². The second-order valence-electron chi connectivity index (χ2n) is 6.24. The van der Waals surface area contributed by atoms with E-state index in [9.17, 15) is 4.79 Å². The van der Waals surface area contributed by atoms with Gasteiger partial charge in [0.2, 0.25) is 5.91 Å². The lowest BCUT2D eigenvalue weighted by molar-refractivity contribution is -0.142. The van der Waals surface area contributed by atoms with Crippen molar-refractivity contribution < 1.29 is 4.79 Å². The zero-order valence-electron chi connectivity index (χ0n) is 12.5. The molecule has 0 aromatic carbocycles. The molecule has 1 amide bonds. The highest BCUT2D eigenvalue weighted by molar-refractivity contribution is 5.83. The van der Waals surface area contributed by atoms with Gasteiger partial charge < -0.3 is 16.0 Å². The summed E-state index contributed by atoms with van der Waals surface area (Å²) >= 11 is 0. The Balaban J connectivity index is 2.03. The molecule has 0 unspecified atom stereocenters. The summed E-state index contributed by atoms with van der Waals surface area (Å²) in [6.45, 7) is 8.76. The molecular formula is C15H29N3O. The second-order valence-corrected chi connectivity index (χ2v) is 6.24. The third-order valence-electron chi connectivity index (χ3n) is 5.50. The van der Waals surface area contributed by atoms with Crippen LogP contribution in [0.5, 0.6) is 0 Å². The zero-order valence-corrected chi connectivity index (χ0v) is 12.5. The van der Waals surface area contributed by atoms with Gasteiger partial charge in [-0.05, 0) is 50.6 Å². The summed E-state index contributed by atoms with van der Waals surface area (Å²) in [5.41, 5.74) is 5.59. The van der Waals surface area contributed by atoms with Crippen LogP contribution < -0.4 is 11.1 Å². The van der Waals surface area contributed by atoms with E-state index in [4.69, 9.17) is 5.73 Å². The van der Waals surface area contributed by atoms with Gasteiger partial charge in [0.05, 0.1) is 5.41 Å². The molecule has 4 heteroatoms. The van der Waals surface area contributed by atoms with Crippen LogP contribution in [0, 0.1) is 17.3 Å². The number of fused-ring (bicyclic) bond motifs is 1. The lowest BCUT2D eigenvalue weighted by Crippen LogP contribution is -2.48. The van der Waals surface area contributed by atoms with Crippen molar-refractivity contribution in [3.05, 3.63) is 0 Å². The topological polar surface area (TPSA) is 58.4 Å². The van der Waals surface area contributed by atoms with Crippen LogP contribution in [0.25, 0.3) is 0 Å². The predicted octanol–water partition coefficient (Wildman–Crippen LogP) is 1.21. The molecule has 0 aromatic rings. The molecule has 0 saturated carbocycles. The molecule has 2 aliphatic rings. The SMILES string of the molecule is CCC(CC)(CN)C(=O)N1CC[C@@H]2CNC[C@@H]2CC1. The van der Waals surface area contributed by atoms with Gasteiger partial charge in [-0.1, -0.05) is 13.8 Å². The van der Waals surface area contributed by atoms with Crippen LogP contribution in [-0.2, 0) is 4.79 Å². The summed E-state index contributed by atoms with van der Waals surface area (Å²) < 4.78 is 0. The first-order valence-corrected chi connectivity index (χ1v) is 7.87. The molecule has 2 aliphatic heterocycles. The predicted molar refractivity (Wildman–Crippen MR) is 77.7 cm³/mol. The monoisotopic (exact) mass is 267 g/mol. The van der Waals surface area contributed by atoms with E-state index in [1.165, 1.54) is 0 Å². The Labute approximate surface area is 117 Å². The summed E-state index contributed by atoms with van der Waals surface area (Å²) in [5.74, 6) is 1.84. The van der Waals surface area contributed by atoms with Crippen molar-refractivity contribution in [3.8, 4) is 0 Å². The van der Waals surface area contributed by atoms with Gasteiger partial charge in [-0.15, -0.1) is 0 Å². The summed E-state index contributed by atoms with van der Waals surface area (Å²) in [7, 11) is 0. The van der Waals surface area contributed by atoms with Gasteiger partial charge in [0.25, 0.3) is 0 Å². The molecule has 4 nitrogen and oxygen atoms in total. The maximum atomic E-state index is 12.8. The standard InChI is InChI=1S/C15H29N3O/c1-3-15(4-2,11-16)14(19)18-7-5-12-9-17-10-13(12)6-8-18/h12-13,17H,3-11,16H2,1-2H3/t12-,13+. The third-order valence-corrected chi connectivity index (χ3v) is 5.50. The largest absolute Gasteiger partial charge is 0.342 e. The number of carbonyl (C=O) groups is 1. The molecule has 2 rings (SSSR count). The van der Waals surface area contributed by atoms with Crippen LogP contribution >= 0.6 is 0 Å². The quantitative estimate of drug-likeness (QED) is 0.805. The second kappa shape index (κ2) is 6.23. The van der Waals surface area contributed by atoms with Crippen LogP contribution in [0.1, 0.15) is 39.5 Å². The number of likely N-dealkylation sites (tertiary alicyclic amines) is 1. The fourth-order valence-electron chi connectivity index (χ4n) is 3.69. The van der Waals surface area contributed by atoms with E-state index in [0.29, 0.717) is 12.5 Å². The number of nitrogens with one attached hydrogen (secondary N) is 1. The number of nitrogens with zero attached hydrogens (tertiary/aromatic N) is 1. The maximum Gasteiger partial charge on any atom is 0.230 e. The molecule has 2 fully saturated rings. The molecule has 0 aliphatic carbocycles. The van der Waals surface area contributed by atoms with Gasteiger partial charge in [0.15, 0.2) is 0 Å². The Kier molecular flexibility index (Phi) is 4.85. The first kappa shape index (κ1) is 14.8. The Morgan fingerprint density at radius 1 is 1.21 bits per heavy atom. The van der Waals surface area contributed by atoms with Crippen LogP contribution in [-0.4, -0.2) is 43.5 Å². The first-order valence-electron chi connectivity index (χ1n) is 7.87. The zero-order chi connectivity index (χ0) is 13.9. The van der Waals surface area contributed by atoms with E-state index in [1.54, 1.807) is 0 Å². The minimum Gasteiger partial charge on any atom is -0.342 e. The third kappa shape index (κ3) is 2.79. The Bertz CT molecular complexity index is 292. The van der Waals surface area contributed by atoms with Gasteiger partial charge in [-0.25, -0.2) is 0 Å². The molecular weight excluding hydrogens is 238 g/mol. The van der Waals surface area contributed by atoms with Crippen molar-refractivity contribution in [2.75, 3.05) is 32.7 Å². The van der Waals surface area contributed by atoms with Crippen LogP contribution in [0.15, 0.2) is 0 Å². The highest BCUT2D eigenvalue weighted by atomic mass is 16.2. The van der Waals surface area contributed by atoms with E-state index in [-0.39, 0.29) is 5.41 Å². The molecule has 0 spiro atoms. The normalized spacial score (nSPS) is 28.1. The maximum absolute atomic E-state index is 12.8. The minimum absolute atomic E-state index is 0.299.